The molecule has 0 saturated heterocycles. The van der Waals surface area contributed by atoms with Gasteiger partial charge in [-0.15, -0.1) is 12.4 Å². The van der Waals surface area contributed by atoms with E-state index in [4.69, 9.17) is 5.73 Å². The standard InChI is InChI=1S/C23H38N2O2.ClH/c1-17(2)13-20(23(27)25-16-19-11-7-4-8-12-19)15-22(26)21(24)14-18-9-5-3-6-10-18;/h4,7-8,11-12,17-18,20-22,26H,3,5-6,9-10,13-16,24H2,1-2H3,(H,25,27);1H/t20-,21+,22+;/m1./s1. The first-order chi connectivity index (χ1) is 13.0. The maximum absolute atomic E-state index is 12.7. The number of benzene rings is 1. The molecule has 5 heteroatoms. The first-order valence-electron chi connectivity index (χ1n) is 10.7. The van der Waals surface area contributed by atoms with Gasteiger partial charge in [-0.25, -0.2) is 0 Å². The van der Waals surface area contributed by atoms with Crippen molar-refractivity contribution >= 4 is 18.3 Å². The molecule has 1 aliphatic rings. The maximum atomic E-state index is 12.7. The molecule has 4 N–H and O–H groups in total. The zero-order valence-corrected chi connectivity index (χ0v) is 18.3. The second-order valence-electron chi connectivity index (χ2n) is 8.74. The largest absolute Gasteiger partial charge is 0.391 e. The molecule has 1 aliphatic carbocycles. The molecule has 0 spiro atoms. The van der Waals surface area contributed by atoms with Gasteiger partial charge in [0.1, 0.15) is 0 Å². The van der Waals surface area contributed by atoms with E-state index in [0.717, 1.165) is 18.4 Å². The van der Waals surface area contributed by atoms with Crippen LogP contribution < -0.4 is 11.1 Å². The maximum Gasteiger partial charge on any atom is 0.223 e. The summed E-state index contributed by atoms with van der Waals surface area (Å²) in [6.07, 6.45) is 7.84. The van der Waals surface area contributed by atoms with Crippen LogP contribution >= 0.6 is 12.4 Å². The number of nitrogens with two attached hydrogens (primary N) is 1. The topological polar surface area (TPSA) is 75.3 Å². The number of carbonyl (C=O) groups excluding carboxylic acids is 1. The zero-order valence-electron chi connectivity index (χ0n) is 17.5. The van der Waals surface area contributed by atoms with Crippen molar-refractivity contribution in [3.63, 3.8) is 0 Å². The summed E-state index contributed by atoms with van der Waals surface area (Å²) in [5, 5.41) is 13.7. The second kappa shape index (κ2) is 13.2. The first-order valence-corrected chi connectivity index (χ1v) is 10.7. The highest BCUT2D eigenvalue weighted by Gasteiger charge is 2.27. The summed E-state index contributed by atoms with van der Waals surface area (Å²) in [5.41, 5.74) is 7.40. The van der Waals surface area contributed by atoms with Gasteiger partial charge in [0.25, 0.3) is 0 Å². The van der Waals surface area contributed by atoms with Crippen LogP contribution in [0.4, 0.5) is 0 Å². The van der Waals surface area contributed by atoms with Gasteiger partial charge >= 0.3 is 0 Å². The molecule has 0 aromatic heterocycles. The van der Waals surface area contributed by atoms with Gasteiger partial charge in [0.15, 0.2) is 0 Å². The van der Waals surface area contributed by atoms with Crippen LogP contribution in [0.1, 0.15) is 70.8 Å². The number of halogens is 1. The molecule has 160 valence electrons. The van der Waals surface area contributed by atoms with Crippen molar-refractivity contribution in [1.29, 1.82) is 0 Å². The summed E-state index contributed by atoms with van der Waals surface area (Å²) < 4.78 is 0. The highest BCUT2D eigenvalue weighted by molar-refractivity contribution is 5.85. The average molecular weight is 411 g/mol. The minimum atomic E-state index is -0.613. The van der Waals surface area contributed by atoms with Crippen LogP contribution in [0, 0.1) is 17.8 Å². The number of hydrogen-bond acceptors (Lipinski definition) is 3. The normalized spacial score (nSPS) is 18.2. The molecule has 0 aliphatic heterocycles. The predicted molar refractivity (Wildman–Crippen MR) is 118 cm³/mol. The lowest BCUT2D eigenvalue weighted by atomic mass is 9.82. The minimum absolute atomic E-state index is 0. The Morgan fingerprint density at radius 2 is 1.79 bits per heavy atom. The van der Waals surface area contributed by atoms with Gasteiger partial charge in [-0.3, -0.25) is 4.79 Å². The Morgan fingerprint density at radius 3 is 2.39 bits per heavy atom. The fourth-order valence-electron chi connectivity index (χ4n) is 4.24. The molecule has 1 amide bonds. The molecule has 1 saturated carbocycles. The van der Waals surface area contributed by atoms with Crippen LogP contribution in [0.2, 0.25) is 0 Å². The van der Waals surface area contributed by atoms with Crippen molar-refractivity contribution in [2.45, 2.75) is 83.9 Å². The summed E-state index contributed by atoms with van der Waals surface area (Å²) >= 11 is 0. The van der Waals surface area contributed by atoms with Crippen molar-refractivity contribution < 1.29 is 9.90 Å². The summed E-state index contributed by atoms with van der Waals surface area (Å²) in [6.45, 7) is 4.76. The summed E-state index contributed by atoms with van der Waals surface area (Å²) in [4.78, 5) is 12.7. The third-order valence-corrected chi connectivity index (χ3v) is 5.79. The van der Waals surface area contributed by atoms with Crippen LogP contribution in [0.5, 0.6) is 0 Å². The monoisotopic (exact) mass is 410 g/mol. The summed E-state index contributed by atoms with van der Waals surface area (Å²) in [7, 11) is 0. The Bertz CT molecular complexity index is 547. The molecule has 1 aromatic carbocycles. The molecule has 0 radical (unpaired) electrons. The molecule has 4 nitrogen and oxygen atoms in total. The van der Waals surface area contributed by atoms with Crippen molar-refractivity contribution in [3.8, 4) is 0 Å². The fraction of sp³-hybridized carbons (Fsp3) is 0.696. The van der Waals surface area contributed by atoms with E-state index >= 15 is 0 Å². The Morgan fingerprint density at radius 1 is 1.14 bits per heavy atom. The van der Waals surface area contributed by atoms with Crippen LogP contribution in [0.15, 0.2) is 30.3 Å². The molecular weight excluding hydrogens is 372 g/mol. The molecule has 0 bridgehead atoms. The predicted octanol–water partition coefficient (Wildman–Crippen LogP) is 4.44. The van der Waals surface area contributed by atoms with Gasteiger partial charge in [0.2, 0.25) is 5.91 Å². The average Bonchev–Trinajstić information content (AvgIpc) is 2.66. The second-order valence-corrected chi connectivity index (χ2v) is 8.74. The van der Waals surface area contributed by atoms with Gasteiger partial charge in [-0.2, -0.15) is 0 Å². The van der Waals surface area contributed by atoms with E-state index < -0.39 is 6.10 Å². The highest BCUT2D eigenvalue weighted by Crippen LogP contribution is 2.28. The molecule has 1 fully saturated rings. The van der Waals surface area contributed by atoms with Crippen LogP contribution in [-0.4, -0.2) is 23.2 Å². The number of aliphatic hydroxyl groups is 1. The van der Waals surface area contributed by atoms with E-state index in [1.807, 2.05) is 30.3 Å². The third kappa shape index (κ3) is 8.93. The van der Waals surface area contributed by atoms with Gasteiger partial charge in [-0.1, -0.05) is 76.3 Å². The Labute approximate surface area is 177 Å². The van der Waals surface area contributed by atoms with Crippen molar-refractivity contribution in [2.24, 2.45) is 23.5 Å². The number of amides is 1. The summed E-state index contributed by atoms with van der Waals surface area (Å²) in [6, 6.07) is 9.70. The van der Waals surface area contributed by atoms with Crippen LogP contribution in [0.25, 0.3) is 0 Å². The number of nitrogens with one attached hydrogen (secondary N) is 1. The van der Waals surface area contributed by atoms with Gasteiger partial charge in [0.05, 0.1) is 6.10 Å². The molecular formula is C23H39ClN2O2. The molecule has 0 unspecified atom stereocenters. The van der Waals surface area contributed by atoms with Crippen molar-refractivity contribution in [1.82, 2.24) is 5.32 Å². The van der Waals surface area contributed by atoms with E-state index in [-0.39, 0.29) is 30.3 Å². The quantitative estimate of drug-likeness (QED) is 0.533. The SMILES string of the molecule is CC(C)C[C@H](C[C@H](O)[C@@H](N)CC1CCCCC1)C(=O)NCc1ccccc1.Cl. The smallest absolute Gasteiger partial charge is 0.223 e. The Hall–Kier alpha value is -1.10. The van der Waals surface area contributed by atoms with E-state index in [0.29, 0.717) is 24.8 Å². The Balaban J connectivity index is 0.00000392. The van der Waals surface area contributed by atoms with Crippen LogP contribution in [-0.2, 0) is 11.3 Å². The van der Waals surface area contributed by atoms with Crippen molar-refractivity contribution in [3.05, 3.63) is 35.9 Å². The highest BCUT2D eigenvalue weighted by atomic mass is 35.5. The van der Waals surface area contributed by atoms with E-state index in [1.165, 1.54) is 32.1 Å². The Kier molecular flexibility index (Phi) is 11.7. The lowest BCUT2D eigenvalue weighted by Crippen LogP contribution is -2.41. The van der Waals surface area contributed by atoms with E-state index in [9.17, 15) is 9.90 Å². The number of aliphatic hydroxyl groups excluding tert-OH is 1. The number of rotatable bonds is 10. The summed E-state index contributed by atoms with van der Waals surface area (Å²) in [5.74, 6) is 0.871. The lowest BCUT2D eigenvalue weighted by Gasteiger charge is -2.29. The molecule has 1 aromatic rings. The molecule has 28 heavy (non-hydrogen) atoms. The molecule has 3 atom stereocenters. The number of carbonyl (C=O) groups is 1. The molecule has 2 rings (SSSR count). The minimum Gasteiger partial charge on any atom is -0.391 e. The van der Waals surface area contributed by atoms with Gasteiger partial charge < -0.3 is 16.2 Å². The van der Waals surface area contributed by atoms with Gasteiger partial charge in [-0.05, 0) is 36.7 Å². The first kappa shape index (κ1) is 24.9. The fourth-order valence-corrected chi connectivity index (χ4v) is 4.24. The van der Waals surface area contributed by atoms with Gasteiger partial charge in [0, 0.05) is 18.5 Å². The zero-order chi connectivity index (χ0) is 19.6. The lowest BCUT2D eigenvalue weighted by molar-refractivity contribution is -0.126. The van der Waals surface area contributed by atoms with E-state index in [2.05, 4.69) is 19.2 Å². The molecule has 0 heterocycles. The van der Waals surface area contributed by atoms with Crippen molar-refractivity contribution in [2.75, 3.05) is 0 Å². The third-order valence-electron chi connectivity index (χ3n) is 5.79. The van der Waals surface area contributed by atoms with E-state index in [1.54, 1.807) is 0 Å². The number of hydrogen-bond donors (Lipinski definition) is 3. The van der Waals surface area contributed by atoms with Crippen LogP contribution in [0.3, 0.4) is 0 Å².